The fraction of sp³-hybridized carbons (Fsp3) is 0.500. The van der Waals surface area contributed by atoms with Gasteiger partial charge in [-0.15, -0.1) is 0 Å². The van der Waals surface area contributed by atoms with Crippen LogP contribution in [0.25, 0.3) is 0 Å². The Hall–Kier alpha value is -1.05. The summed E-state index contributed by atoms with van der Waals surface area (Å²) in [5.41, 5.74) is 0.835. The van der Waals surface area contributed by atoms with Crippen molar-refractivity contribution in [3.63, 3.8) is 0 Å². The van der Waals surface area contributed by atoms with Gasteiger partial charge in [-0.05, 0) is 12.0 Å². The molecule has 1 aromatic rings. The number of rotatable bonds is 3. The SMILES string of the molecule is O=C(CC1CCC1)c1cc[nH]c1. The normalized spacial score (nSPS) is 17.3. The van der Waals surface area contributed by atoms with Crippen LogP contribution < -0.4 is 0 Å². The number of H-pyrrole nitrogens is 1. The molecule has 1 fully saturated rings. The Balaban J connectivity index is 1.92. The molecule has 0 aromatic carbocycles. The average Bonchev–Trinajstić information content (AvgIpc) is 2.47. The third-order valence-electron chi connectivity index (χ3n) is 2.62. The number of aromatic nitrogens is 1. The van der Waals surface area contributed by atoms with Gasteiger partial charge in [0.2, 0.25) is 0 Å². The van der Waals surface area contributed by atoms with Gasteiger partial charge < -0.3 is 4.98 Å². The molecule has 2 nitrogen and oxygen atoms in total. The largest absolute Gasteiger partial charge is 0.367 e. The predicted octanol–water partition coefficient (Wildman–Crippen LogP) is 2.39. The van der Waals surface area contributed by atoms with Crippen LogP contribution in [-0.2, 0) is 0 Å². The first-order chi connectivity index (χ1) is 5.86. The van der Waals surface area contributed by atoms with Gasteiger partial charge in [-0.1, -0.05) is 19.3 Å². The van der Waals surface area contributed by atoms with Crippen molar-refractivity contribution < 1.29 is 4.79 Å². The van der Waals surface area contributed by atoms with Crippen LogP contribution in [0.5, 0.6) is 0 Å². The lowest BCUT2D eigenvalue weighted by atomic mass is 9.81. The van der Waals surface area contributed by atoms with Crippen LogP contribution in [-0.4, -0.2) is 10.8 Å². The molecule has 0 aliphatic heterocycles. The first-order valence-electron chi connectivity index (χ1n) is 4.52. The number of Topliss-reactive ketones (excluding diaryl/α,β-unsaturated/α-hetero) is 1. The second kappa shape index (κ2) is 3.13. The Morgan fingerprint density at radius 2 is 2.42 bits per heavy atom. The summed E-state index contributed by atoms with van der Waals surface area (Å²) >= 11 is 0. The maximum Gasteiger partial charge on any atom is 0.164 e. The van der Waals surface area contributed by atoms with E-state index in [0.29, 0.717) is 11.7 Å². The topological polar surface area (TPSA) is 32.9 Å². The molecule has 12 heavy (non-hydrogen) atoms. The van der Waals surface area contributed by atoms with Crippen LogP contribution in [0.4, 0.5) is 0 Å². The Bertz CT molecular complexity index is 259. The molecule has 1 aliphatic carbocycles. The highest BCUT2D eigenvalue weighted by Crippen LogP contribution is 2.30. The highest BCUT2D eigenvalue weighted by Gasteiger charge is 2.21. The van der Waals surface area contributed by atoms with Gasteiger partial charge in [-0.25, -0.2) is 0 Å². The van der Waals surface area contributed by atoms with Crippen molar-refractivity contribution in [2.45, 2.75) is 25.7 Å². The standard InChI is InChI=1S/C10H13NO/c12-10(6-8-2-1-3-8)9-4-5-11-7-9/h4-5,7-8,11H,1-3,6H2. The summed E-state index contributed by atoms with van der Waals surface area (Å²) in [4.78, 5) is 14.4. The molecule has 1 aliphatic rings. The highest BCUT2D eigenvalue weighted by atomic mass is 16.1. The van der Waals surface area contributed by atoms with Gasteiger partial charge >= 0.3 is 0 Å². The van der Waals surface area contributed by atoms with Gasteiger partial charge in [0.15, 0.2) is 5.78 Å². The van der Waals surface area contributed by atoms with E-state index < -0.39 is 0 Å². The number of carbonyl (C=O) groups is 1. The molecule has 1 heterocycles. The zero-order valence-electron chi connectivity index (χ0n) is 7.05. The number of hydrogen-bond donors (Lipinski definition) is 1. The number of hydrogen-bond acceptors (Lipinski definition) is 1. The summed E-state index contributed by atoms with van der Waals surface area (Å²) in [7, 11) is 0. The lowest BCUT2D eigenvalue weighted by Gasteiger charge is -2.24. The molecule has 0 radical (unpaired) electrons. The molecule has 1 saturated carbocycles. The Labute approximate surface area is 72.0 Å². The van der Waals surface area contributed by atoms with E-state index in [1.54, 1.807) is 12.4 Å². The molecule has 0 bridgehead atoms. The zero-order chi connectivity index (χ0) is 8.39. The lowest BCUT2D eigenvalue weighted by Crippen LogP contribution is -2.15. The second-order valence-electron chi connectivity index (χ2n) is 3.52. The minimum Gasteiger partial charge on any atom is -0.367 e. The Kier molecular flexibility index (Phi) is 1.98. The van der Waals surface area contributed by atoms with Crippen molar-refractivity contribution in [1.29, 1.82) is 0 Å². The molecule has 0 saturated heterocycles. The smallest absolute Gasteiger partial charge is 0.164 e. The molecule has 64 valence electrons. The van der Waals surface area contributed by atoms with Gasteiger partial charge in [-0.2, -0.15) is 0 Å². The molecule has 0 spiro atoms. The van der Waals surface area contributed by atoms with Gasteiger partial charge in [0.05, 0.1) is 0 Å². The van der Waals surface area contributed by atoms with Crippen LogP contribution in [0.1, 0.15) is 36.0 Å². The third kappa shape index (κ3) is 1.42. The Morgan fingerprint density at radius 1 is 1.58 bits per heavy atom. The maximum atomic E-state index is 11.5. The van der Waals surface area contributed by atoms with E-state index in [2.05, 4.69) is 4.98 Å². The predicted molar refractivity (Wildman–Crippen MR) is 47.1 cm³/mol. The van der Waals surface area contributed by atoms with Crippen molar-refractivity contribution in [3.05, 3.63) is 24.0 Å². The van der Waals surface area contributed by atoms with E-state index in [0.717, 1.165) is 12.0 Å². The molecule has 1 N–H and O–H groups in total. The van der Waals surface area contributed by atoms with Gasteiger partial charge in [-0.3, -0.25) is 4.79 Å². The van der Waals surface area contributed by atoms with E-state index in [-0.39, 0.29) is 0 Å². The number of ketones is 1. The van der Waals surface area contributed by atoms with Crippen molar-refractivity contribution in [2.75, 3.05) is 0 Å². The fourth-order valence-electron chi connectivity index (χ4n) is 1.57. The third-order valence-corrected chi connectivity index (χ3v) is 2.62. The van der Waals surface area contributed by atoms with Crippen LogP contribution >= 0.6 is 0 Å². The van der Waals surface area contributed by atoms with Crippen molar-refractivity contribution >= 4 is 5.78 Å². The van der Waals surface area contributed by atoms with E-state index in [4.69, 9.17) is 0 Å². The van der Waals surface area contributed by atoms with Crippen LogP contribution in [0.2, 0.25) is 0 Å². The van der Waals surface area contributed by atoms with Gasteiger partial charge in [0.25, 0.3) is 0 Å². The number of nitrogens with one attached hydrogen (secondary N) is 1. The zero-order valence-corrected chi connectivity index (χ0v) is 7.05. The molecular formula is C10H13NO. The Morgan fingerprint density at radius 3 is 2.92 bits per heavy atom. The molecule has 0 unspecified atom stereocenters. The maximum absolute atomic E-state index is 11.5. The van der Waals surface area contributed by atoms with Crippen LogP contribution in [0, 0.1) is 5.92 Å². The van der Waals surface area contributed by atoms with Crippen LogP contribution in [0.3, 0.4) is 0 Å². The average molecular weight is 163 g/mol. The summed E-state index contributed by atoms with van der Waals surface area (Å²) in [6.45, 7) is 0. The molecule has 0 amide bonds. The van der Waals surface area contributed by atoms with Crippen molar-refractivity contribution in [2.24, 2.45) is 5.92 Å². The molecular weight excluding hydrogens is 150 g/mol. The molecule has 2 heteroatoms. The van der Waals surface area contributed by atoms with Gasteiger partial charge in [0, 0.05) is 24.4 Å². The molecule has 0 atom stereocenters. The van der Waals surface area contributed by atoms with Crippen molar-refractivity contribution in [3.8, 4) is 0 Å². The summed E-state index contributed by atoms with van der Waals surface area (Å²) in [5.74, 6) is 0.966. The summed E-state index contributed by atoms with van der Waals surface area (Å²) in [6, 6.07) is 1.85. The fourth-order valence-corrected chi connectivity index (χ4v) is 1.57. The first kappa shape index (κ1) is 7.59. The summed E-state index contributed by atoms with van der Waals surface area (Å²) < 4.78 is 0. The lowest BCUT2D eigenvalue weighted by molar-refractivity contribution is 0.0936. The second-order valence-corrected chi connectivity index (χ2v) is 3.52. The van der Waals surface area contributed by atoms with E-state index in [9.17, 15) is 4.79 Å². The van der Waals surface area contributed by atoms with Gasteiger partial charge in [0.1, 0.15) is 0 Å². The monoisotopic (exact) mass is 163 g/mol. The molecule has 1 aromatic heterocycles. The minimum atomic E-state index is 0.293. The van der Waals surface area contributed by atoms with E-state index >= 15 is 0 Å². The number of carbonyl (C=O) groups excluding carboxylic acids is 1. The quantitative estimate of drug-likeness (QED) is 0.682. The number of aromatic amines is 1. The van der Waals surface area contributed by atoms with E-state index in [1.807, 2.05) is 6.07 Å². The molecule has 2 rings (SSSR count). The summed E-state index contributed by atoms with van der Waals surface area (Å²) in [5, 5.41) is 0. The minimum absolute atomic E-state index is 0.293. The highest BCUT2D eigenvalue weighted by molar-refractivity contribution is 5.96. The van der Waals surface area contributed by atoms with E-state index in [1.165, 1.54) is 19.3 Å². The summed E-state index contributed by atoms with van der Waals surface area (Å²) in [6.07, 6.45) is 8.13. The van der Waals surface area contributed by atoms with Crippen LogP contribution in [0.15, 0.2) is 18.5 Å². The first-order valence-corrected chi connectivity index (χ1v) is 4.52. The van der Waals surface area contributed by atoms with Crippen molar-refractivity contribution in [1.82, 2.24) is 4.98 Å².